The van der Waals surface area contributed by atoms with Gasteiger partial charge in [0.15, 0.2) is 0 Å². The van der Waals surface area contributed by atoms with Crippen LogP contribution >= 0.6 is 11.6 Å². The Morgan fingerprint density at radius 1 is 1.24 bits per heavy atom. The normalized spacial score (nSPS) is 14.6. The second-order valence-electron chi connectivity index (χ2n) is 4.69. The summed E-state index contributed by atoms with van der Waals surface area (Å²) >= 11 is 5.41. The molecule has 1 saturated carbocycles. The van der Waals surface area contributed by atoms with Crippen molar-refractivity contribution in [3.63, 3.8) is 0 Å². The molecular formula is C14H9AsClF2N3. The van der Waals surface area contributed by atoms with E-state index in [1.54, 1.807) is 0 Å². The second-order valence-corrected chi connectivity index (χ2v) is 8.30. The van der Waals surface area contributed by atoms with E-state index in [4.69, 9.17) is 11.6 Å². The van der Waals surface area contributed by atoms with E-state index in [0.717, 1.165) is 25.0 Å². The molecule has 7 heteroatoms. The molecule has 1 aromatic heterocycles. The zero-order chi connectivity index (χ0) is 15.0. The van der Waals surface area contributed by atoms with E-state index in [1.807, 2.05) is 6.07 Å². The van der Waals surface area contributed by atoms with Gasteiger partial charge >= 0.3 is 131 Å². The zero-order valence-electron chi connectivity index (χ0n) is 10.7. The minimum atomic E-state index is -0.765. The number of nitriles is 1. The van der Waals surface area contributed by atoms with Gasteiger partial charge in [-0.05, 0) is 0 Å². The average molecular weight is 368 g/mol. The molecule has 1 unspecified atom stereocenters. The molecule has 1 fully saturated rings. The molecule has 0 radical (unpaired) electrons. The van der Waals surface area contributed by atoms with E-state index >= 15 is 0 Å². The molecule has 0 spiro atoms. The topological polar surface area (TPSA) is 49.6 Å². The molecule has 0 aliphatic heterocycles. The van der Waals surface area contributed by atoms with E-state index in [2.05, 4.69) is 9.97 Å². The van der Waals surface area contributed by atoms with Crippen molar-refractivity contribution in [3.05, 3.63) is 40.6 Å². The zero-order valence-corrected chi connectivity index (χ0v) is 13.6. The number of aromatic nitrogens is 2. The Hall–Kier alpha value is -1.50. The van der Waals surface area contributed by atoms with Crippen molar-refractivity contribution in [2.75, 3.05) is 0 Å². The van der Waals surface area contributed by atoms with Crippen molar-refractivity contribution in [3.8, 4) is 17.3 Å². The number of halogens is 3. The van der Waals surface area contributed by atoms with Crippen LogP contribution < -0.4 is 4.61 Å². The summed E-state index contributed by atoms with van der Waals surface area (Å²) in [5, 5.41) is 9.14. The van der Waals surface area contributed by atoms with Gasteiger partial charge in [0.05, 0.1) is 0 Å². The van der Waals surface area contributed by atoms with Gasteiger partial charge < -0.3 is 0 Å². The fraction of sp³-hybridized carbons (Fsp3) is 0.214. The molecule has 1 aliphatic carbocycles. The molecule has 2 aromatic rings. The molecule has 3 nitrogen and oxygen atoms in total. The van der Waals surface area contributed by atoms with Crippen molar-refractivity contribution < 1.29 is 8.78 Å². The molecule has 3 rings (SSSR count). The second kappa shape index (κ2) is 5.71. The van der Waals surface area contributed by atoms with Crippen molar-refractivity contribution in [2.45, 2.75) is 17.5 Å². The molecule has 0 bridgehead atoms. The van der Waals surface area contributed by atoms with Gasteiger partial charge in [-0.2, -0.15) is 0 Å². The molecule has 1 heterocycles. The Labute approximate surface area is 131 Å². The first-order chi connectivity index (χ1) is 10.1. The standard InChI is InChI=1S/C14H9AsClF2N3/c16-13-8(6-19)12(11-9(17)2-1-3-10(11)18)20-14(21-13)15-7-4-5-7/h1-3,7,15H,4-5H2. The number of hydrogen-bond acceptors (Lipinski definition) is 3. The quantitative estimate of drug-likeness (QED) is 0.619. The maximum absolute atomic E-state index is 13.9. The van der Waals surface area contributed by atoms with E-state index in [0.29, 0.717) is 9.32 Å². The summed E-state index contributed by atoms with van der Waals surface area (Å²) in [7, 11) is 0. The molecule has 1 aromatic carbocycles. The summed E-state index contributed by atoms with van der Waals surface area (Å²) in [5.41, 5.74) is -0.457. The van der Waals surface area contributed by atoms with Gasteiger partial charge in [0, 0.05) is 0 Å². The Kier molecular flexibility index (Phi) is 3.92. The third-order valence-corrected chi connectivity index (χ3v) is 6.44. The van der Waals surface area contributed by atoms with Gasteiger partial charge in [-0.1, -0.05) is 0 Å². The summed E-state index contributed by atoms with van der Waals surface area (Å²) < 4.78 is 29.1. The van der Waals surface area contributed by atoms with Crippen LogP contribution in [0.2, 0.25) is 9.86 Å². The summed E-state index contributed by atoms with van der Waals surface area (Å²) in [6, 6.07) is 5.37. The average Bonchev–Trinajstić information content (AvgIpc) is 3.22. The van der Waals surface area contributed by atoms with Crippen LogP contribution in [0.25, 0.3) is 11.3 Å². The summed E-state index contributed by atoms with van der Waals surface area (Å²) in [4.78, 5) is 8.35. The van der Waals surface area contributed by atoms with Crippen molar-refractivity contribution in [2.24, 2.45) is 0 Å². The molecule has 106 valence electrons. The first kappa shape index (κ1) is 14.4. The van der Waals surface area contributed by atoms with Crippen molar-refractivity contribution >= 4 is 32.0 Å². The van der Waals surface area contributed by atoms with Crippen LogP contribution in [0.1, 0.15) is 18.4 Å². The Morgan fingerprint density at radius 3 is 2.48 bits per heavy atom. The van der Waals surface area contributed by atoms with Crippen LogP contribution in [0.5, 0.6) is 0 Å². The maximum atomic E-state index is 13.9. The first-order valence-electron chi connectivity index (χ1n) is 6.28. The molecule has 1 aliphatic rings. The molecule has 21 heavy (non-hydrogen) atoms. The first-order valence-corrected chi connectivity index (χ1v) is 8.92. The Morgan fingerprint density at radius 2 is 1.90 bits per heavy atom. The van der Waals surface area contributed by atoms with E-state index in [1.165, 1.54) is 6.07 Å². The molecule has 0 saturated heterocycles. The predicted octanol–water partition coefficient (Wildman–Crippen LogP) is 2.59. The van der Waals surface area contributed by atoms with Crippen LogP contribution in [0, 0.1) is 23.0 Å². The molecule has 0 N–H and O–H groups in total. The Balaban J connectivity index is 2.19. The third kappa shape index (κ3) is 2.92. The number of benzene rings is 1. The van der Waals surface area contributed by atoms with Gasteiger partial charge in [-0.25, -0.2) is 0 Å². The van der Waals surface area contributed by atoms with Crippen LogP contribution in [-0.4, -0.2) is 25.7 Å². The predicted molar refractivity (Wildman–Crippen MR) is 76.9 cm³/mol. The number of hydrogen-bond donors (Lipinski definition) is 0. The van der Waals surface area contributed by atoms with Crippen molar-refractivity contribution in [1.29, 1.82) is 5.26 Å². The third-order valence-electron chi connectivity index (χ3n) is 3.09. The molecule has 0 amide bonds. The summed E-state index contributed by atoms with van der Waals surface area (Å²) in [5.74, 6) is -1.53. The van der Waals surface area contributed by atoms with Crippen molar-refractivity contribution in [1.82, 2.24) is 9.97 Å². The van der Waals surface area contributed by atoms with E-state index < -0.39 is 27.4 Å². The van der Waals surface area contributed by atoms with Crippen LogP contribution in [0.4, 0.5) is 8.78 Å². The van der Waals surface area contributed by atoms with Gasteiger partial charge in [-0.3, -0.25) is 0 Å². The number of nitrogens with zero attached hydrogens (tertiary/aromatic N) is 3. The van der Waals surface area contributed by atoms with E-state index in [9.17, 15) is 14.0 Å². The van der Waals surface area contributed by atoms with Crippen LogP contribution in [0.3, 0.4) is 0 Å². The SMILES string of the molecule is N#Cc1c(Cl)nc([AsH]C2CC2)nc1-c1c(F)cccc1F. The molecular weight excluding hydrogens is 359 g/mol. The monoisotopic (exact) mass is 367 g/mol. The van der Waals surface area contributed by atoms with Crippen LogP contribution in [-0.2, 0) is 0 Å². The van der Waals surface area contributed by atoms with Gasteiger partial charge in [-0.15, -0.1) is 0 Å². The molecule has 1 atom stereocenters. The van der Waals surface area contributed by atoms with Gasteiger partial charge in [0.2, 0.25) is 0 Å². The minimum absolute atomic E-state index is 0.0375. The van der Waals surface area contributed by atoms with Gasteiger partial charge in [0.1, 0.15) is 0 Å². The fourth-order valence-corrected chi connectivity index (χ4v) is 4.73. The summed E-state index contributed by atoms with van der Waals surface area (Å²) in [6.45, 7) is 0. The van der Waals surface area contributed by atoms with Crippen LogP contribution in [0.15, 0.2) is 18.2 Å². The van der Waals surface area contributed by atoms with E-state index in [-0.39, 0.29) is 22.0 Å². The van der Waals surface area contributed by atoms with Gasteiger partial charge in [0.25, 0.3) is 0 Å². The Bertz CT molecular complexity index is 736. The number of rotatable bonds is 3. The fourth-order valence-electron chi connectivity index (χ4n) is 1.91. The summed E-state index contributed by atoms with van der Waals surface area (Å²) in [6.07, 6.45) is 2.29.